The van der Waals surface area contributed by atoms with Gasteiger partial charge in [0.2, 0.25) is 0 Å². The summed E-state index contributed by atoms with van der Waals surface area (Å²) in [5, 5.41) is 2.98. The van der Waals surface area contributed by atoms with Crippen molar-refractivity contribution < 1.29 is 9.53 Å². The zero-order valence-electron chi connectivity index (χ0n) is 14.3. The highest BCUT2D eigenvalue weighted by Gasteiger charge is 2.10. The van der Waals surface area contributed by atoms with Crippen LogP contribution < -0.4 is 5.32 Å². The monoisotopic (exact) mass is 409 g/mol. The van der Waals surface area contributed by atoms with Crippen LogP contribution in [-0.2, 0) is 24.5 Å². The van der Waals surface area contributed by atoms with Crippen LogP contribution in [0, 0.1) is 0 Å². The summed E-state index contributed by atoms with van der Waals surface area (Å²) in [5.74, 6) is -0.0996. The number of hydrogen-bond donors (Lipinski definition) is 1. The van der Waals surface area contributed by atoms with Crippen molar-refractivity contribution in [1.29, 1.82) is 0 Å². The van der Waals surface area contributed by atoms with Crippen molar-refractivity contribution in [3.63, 3.8) is 0 Å². The molecule has 0 saturated carbocycles. The van der Waals surface area contributed by atoms with Gasteiger partial charge in [-0.25, -0.2) is 0 Å². The third kappa shape index (κ3) is 5.04. The number of carbonyl (C=O) groups excluding carboxylic acids is 1. The molecule has 0 aliphatic carbocycles. The third-order valence-electron chi connectivity index (χ3n) is 4.05. The molecule has 4 heteroatoms. The van der Waals surface area contributed by atoms with Crippen LogP contribution in [0.25, 0.3) is 0 Å². The second-order valence-electron chi connectivity index (χ2n) is 5.91. The zero-order chi connectivity index (χ0) is 18.2. The van der Waals surface area contributed by atoms with E-state index in [1.807, 2.05) is 72.8 Å². The summed E-state index contributed by atoms with van der Waals surface area (Å²) in [5.41, 5.74) is 3.91. The van der Waals surface area contributed by atoms with Crippen LogP contribution in [0.5, 0.6) is 0 Å². The summed E-state index contributed by atoms with van der Waals surface area (Å²) in [6.07, 6.45) is 0. The maximum absolute atomic E-state index is 12.4. The second-order valence-corrected chi connectivity index (χ2v) is 6.76. The first-order chi connectivity index (χ1) is 12.7. The van der Waals surface area contributed by atoms with Gasteiger partial charge in [0.15, 0.2) is 0 Å². The van der Waals surface area contributed by atoms with Gasteiger partial charge in [0.25, 0.3) is 5.91 Å². The summed E-state index contributed by atoms with van der Waals surface area (Å²) in [4.78, 5) is 12.4. The Morgan fingerprint density at radius 2 is 1.46 bits per heavy atom. The van der Waals surface area contributed by atoms with Gasteiger partial charge in [-0.2, -0.15) is 0 Å². The number of carbonyl (C=O) groups is 1. The van der Waals surface area contributed by atoms with E-state index in [0.717, 1.165) is 21.2 Å². The summed E-state index contributed by atoms with van der Waals surface area (Å²) < 4.78 is 6.63. The molecule has 0 aromatic heterocycles. The van der Waals surface area contributed by atoms with Gasteiger partial charge in [-0.15, -0.1) is 0 Å². The predicted octanol–water partition coefficient (Wildman–Crippen LogP) is 5.10. The molecule has 0 aliphatic heterocycles. The van der Waals surface area contributed by atoms with Gasteiger partial charge in [0.05, 0.1) is 18.8 Å². The van der Waals surface area contributed by atoms with E-state index in [2.05, 4.69) is 21.2 Å². The van der Waals surface area contributed by atoms with E-state index in [4.69, 9.17) is 4.74 Å². The smallest absolute Gasteiger partial charge is 0.252 e. The van der Waals surface area contributed by atoms with Crippen molar-refractivity contribution in [2.75, 3.05) is 0 Å². The minimum absolute atomic E-state index is 0.0996. The molecular formula is C22H20BrNO2. The molecule has 3 rings (SSSR count). The summed E-state index contributed by atoms with van der Waals surface area (Å²) in [6, 6.07) is 25.5. The Labute approximate surface area is 162 Å². The molecule has 0 atom stereocenters. The SMILES string of the molecule is O=C(NCc1ccccc1COCc1ccccc1)c1ccccc1Br. The molecule has 132 valence electrons. The first-order valence-corrected chi connectivity index (χ1v) is 9.24. The topological polar surface area (TPSA) is 38.3 Å². The van der Waals surface area contributed by atoms with Gasteiger partial charge >= 0.3 is 0 Å². The van der Waals surface area contributed by atoms with Crippen molar-refractivity contribution in [1.82, 2.24) is 5.32 Å². The molecule has 3 nitrogen and oxygen atoms in total. The van der Waals surface area contributed by atoms with Gasteiger partial charge in [0.1, 0.15) is 0 Å². The lowest BCUT2D eigenvalue weighted by Crippen LogP contribution is -2.23. The van der Waals surface area contributed by atoms with Gasteiger partial charge in [-0.3, -0.25) is 4.79 Å². The number of benzene rings is 3. The quantitative estimate of drug-likeness (QED) is 0.589. The highest BCUT2D eigenvalue weighted by molar-refractivity contribution is 9.10. The molecular weight excluding hydrogens is 390 g/mol. The van der Waals surface area contributed by atoms with Crippen molar-refractivity contribution in [2.24, 2.45) is 0 Å². The summed E-state index contributed by atoms with van der Waals surface area (Å²) >= 11 is 3.41. The molecule has 1 amide bonds. The molecule has 0 spiro atoms. The molecule has 26 heavy (non-hydrogen) atoms. The van der Waals surface area contributed by atoms with Crippen LogP contribution >= 0.6 is 15.9 Å². The molecule has 0 heterocycles. The van der Waals surface area contributed by atoms with Gasteiger partial charge in [0, 0.05) is 11.0 Å². The second kappa shape index (κ2) is 9.32. The molecule has 3 aromatic carbocycles. The number of amides is 1. The number of hydrogen-bond acceptors (Lipinski definition) is 2. The standard InChI is InChI=1S/C22H20BrNO2/c23-21-13-7-6-12-20(21)22(25)24-14-18-10-4-5-11-19(18)16-26-15-17-8-2-1-3-9-17/h1-13H,14-16H2,(H,24,25). The van der Waals surface area contributed by atoms with Crippen LogP contribution in [0.15, 0.2) is 83.3 Å². The fourth-order valence-corrected chi connectivity index (χ4v) is 3.10. The van der Waals surface area contributed by atoms with Crippen LogP contribution in [0.3, 0.4) is 0 Å². The fourth-order valence-electron chi connectivity index (χ4n) is 2.64. The Balaban J connectivity index is 1.58. The van der Waals surface area contributed by atoms with Crippen molar-refractivity contribution in [3.8, 4) is 0 Å². The van der Waals surface area contributed by atoms with E-state index in [1.54, 1.807) is 6.07 Å². The number of nitrogens with one attached hydrogen (secondary N) is 1. The van der Waals surface area contributed by atoms with Crippen molar-refractivity contribution in [3.05, 3.63) is 106 Å². The Hall–Kier alpha value is -2.43. The van der Waals surface area contributed by atoms with E-state index < -0.39 is 0 Å². The molecule has 0 unspecified atom stereocenters. The van der Waals surface area contributed by atoms with E-state index >= 15 is 0 Å². The number of rotatable bonds is 7. The number of halogens is 1. The fraction of sp³-hybridized carbons (Fsp3) is 0.136. The normalized spacial score (nSPS) is 10.5. The van der Waals surface area contributed by atoms with Crippen LogP contribution in [0.4, 0.5) is 0 Å². The lowest BCUT2D eigenvalue weighted by atomic mass is 10.1. The third-order valence-corrected chi connectivity index (χ3v) is 4.74. The van der Waals surface area contributed by atoms with Crippen LogP contribution in [0.1, 0.15) is 27.0 Å². The minimum atomic E-state index is -0.0996. The van der Waals surface area contributed by atoms with Crippen molar-refractivity contribution >= 4 is 21.8 Å². The van der Waals surface area contributed by atoms with Gasteiger partial charge in [-0.05, 0) is 44.8 Å². The highest BCUT2D eigenvalue weighted by atomic mass is 79.9. The average molecular weight is 410 g/mol. The molecule has 0 saturated heterocycles. The Morgan fingerprint density at radius 3 is 2.23 bits per heavy atom. The first kappa shape index (κ1) is 18.4. The maximum atomic E-state index is 12.4. The predicted molar refractivity (Wildman–Crippen MR) is 107 cm³/mol. The van der Waals surface area contributed by atoms with E-state index in [-0.39, 0.29) is 5.91 Å². The van der Waals surface area contributed by atoms with Crippen molar-refractivity contribution in [2.45, 2.75) is 19.8 Å². The molecule has 0 aliphatic rings. The Bertz CT molecular complexity index is 865. The van der Waals surface area contributed by atoms with E-state index in [1.165, 1.54) is 0 Å². The Morgan fingerprint density at radius 1 is 0.808 bits per heavy atom. The zero-order valence-corrected chi connectivity index (χ0v) is 15.9. The van der Waals surface area contributed by atoms with E-state index in [9.17, 15) is 4.79 Å². The Kier molecular flexibility index (Phi) is 6.58. The lowest BCUT2D eigenvalue weighted by molar-refractivity contribution is 0.0947. The number of ether oxygens (including phenoxy) is 1. The lowest BCUT2D eigenvalue weighted by Gasteiger charge is -2.12. The molecule has 0 fully saturated rings. The first-order valence-electron chi connectivity index (χ1n) is 8.45. The summed E-state index contributed by atoms with van der Waals surface area (Å²) in [7, 11) is 0. The van der Waals surface area contributed by atoms with Crippen LogP contribution in [0.2, 0.25) is 0 Å². The largest absolute Gasteiger partial charge is 0.372 e. The van der Waals surface area contributed by atoms with E-state index in [0.29, 0.717) is 25.3 Å². The van der Waals surface area contributed by atoms with Gasteiger partial charge < -0.3 is 10.1 Å². The molecule has 1 N–H and O–H groups in total. The summed E-state index contributed by atoms with van der Waals surface area (Å²) in [6.45, 7) is 1.54. The molecule has 0 radical (unpaired) electrons. The minimum Gasteiger partial charge on any atom is -0.372 e. The molecule has 3 aromatic rings. The van der Waals surface area contributed by atoms with Gasteiger partial charge in [-0.1, -0.05) is 66.7 Å². The maximum Gasteiger partial charge on any atom is 0.252 e. The average Bonchev–Trinajstić information content (AvgIpc) is 2.68. The highest BCUT2D eigenvalue weighted by Crippen LogP contribution is 2.16. The van der Waals surface area contributed by atoms with Crippen LogP contribution in [-0.4, -0.2) is 5.91 Å². The molecule has 0 bridgehead atoms.